The summed E-state index contributed by atoms with van der Waals surface area (Å²) in [5, 5.41) is 8.12. The van der Waals surface area contributed by atoms with Crippen molar-refractivity contribution >= 4 is 6.79 Å². The summed E-state index contributed by atoms with van der Waals surface area (Å²) in [6.07, 6.45) is 2.35. The fraction of sp³-hybridized carbons (Fsp3) is 0.900. The molecular formula is C10H22N3OW-3. The van der Waals surface area contributed by atoms with Crippen LogP contribution in [0.25, 0.3) is 10.6 Å². The van der Waals surface area contributed by atoms with Gasteiger partial charge in [0.25, 0.3) is 0 Å². The predicted octanol–water partition coefficient (Wildman–Crippen LogP) is 1.43. The third-order valence-electron chi connectivity index (χ3n) is 1.84. The maximum absolute atomic E-state index is 7.75. The molecule has 0 aliphatic carbocycles. The van der Waals surface area contributed by atoms with Crippen LogP contribution < -0.4 is 0 Å². The molecule has 5 heteroatoms. The van der Waals surface area contributed by atoms with E-state index in [0.29, 0.717) is 0 Å². The molecule has 0 aromatic heterocycles. The second-order valence-corrected chi connectivity index (χ2v) is 3.09. The zero-order chi connectivity index (χ0) is 11.2. The van der Waals surface area contributed by atoms with Crippen molar-refractivity contribution in [2.24, 2.45) is 0 Å². The van der Waals surface area contributed by atoms with Crippen molar-refractivity contribution in [2.75, 3.05) is 47.3 Å². The van der Waals surface area contributed by atoms with Crippen molar-refractivity contribution < 1.29 is 25.9 Å². The molecule has 0 rings (SSSR count). The summed E-state index contributed by atoms with van der Waals surface area (Å²) in [7, 11) is 5.90. The van der Waals surface area contributed by atoms with Crippen molar-refractivity contribution in [2.45, 2.75) is 12.8 Å². The molecule has 0 heterocycles. The van der Waals surface area contributed by atoms with Crippen molar-refractivity contribution in [1.82, 2.24) is 4.90 Å². The van der Waals surface area contributed by atoms with Crippen LogP contribution >= 0.6 is 0 Å². The van der Waals surface area contributed by atoms with Gasteiger partial charge >= 0.3 is 0 Å². The molecule has 0 saturated carbocycles. The van der Waals surface area contributed by atoms with Gasteiger partial charge in [-0.15, -0.1) is 13.1 Å². The van der Waals surface area contributed by atoms with E-state index >= 15 is 0 Å². The number of hydrogen-bond acceptors (Lipinski definition) is 2. The Bertz CT molecular complexity index is 96.7. The third kappa shape index (κ3) is 20.3. The molecule has 0 bridgehead atoms. The number of nitrogens with zero attached hydrogens (tertiary/aromatic N) is 3. The van der Waals surface area contributed by atoms with Crippen molar-refractivity contribution in [3.05, 3.63) is 10.6 Å². The van der Waals surface area contributed by atoms with Crippen LogP contribution in [0.4, 0.5) is 0 Å². The average molecular weight is 384 g/mol. The first-order chi connectivity index (χ1) is 6.81. The molecule has 0 spiro atoms. The Labute approximate surface area is 108 Å². The number of rotatable bonds is 8. The van der Waals surface area contributed by atoms with Gasteiger partial charge in [0.05, 0.1) is 0 Å². The minimum Gasteiger partial charge on any atom is -0.665 e. The Morgan fingerprint density at radius 1 is 1.00 bits per heavy atom. The Morgan fingerprint density at radius 3 is 1.60 bits per heavy atom. The molecule has 0 aliphatic rings. The number of hydrogen-bond donors (Lipinski definition) is 0. The van der Waals surface area contributed by atoms with E-state index in [1.54, 1.807) is 0 Å². The molecular weight excluding hydrogens is 362 g/mol. The molecule has 0 radical (unpaired) electrons. The summed E-state index contributed by atoms with van der Waals surface area (Å²) >= 11 is 0. The summed E-state index contributed by atoms with van der Waals surface area (Å²) in [4.78, 5) is 10.1. The largest absolute Gasteiger partial charge is 0.665 e. The van der Waals surface area contributed by atoms with Crippen LogP contribution in [0.15, 0.2) is 0 Å². The SMILES string of the molecule is C[N-]CCCN(C)CCC[N-]C.[CH-]=O.[W]. The molecule has 0 N–H and O–H groups in total. The molecule has 0 fully saturated rings. The van der Waals surface area contributed by atoms with Gasteiger partial charge in [-0.05, 0) is 20.1 Å². The summed E-state index contributed by atoms with van der Waals surface area (Å²) in [6, 6.07) is 0. The van der Waals surface area contributed by atoms with Crippen LogP contribution in [-0.2, 0) is 25.9 Å². The van der Waals surface area contributed by atoms with E-state index in [4.69, 9.17) is 4.79 Å². The molecule has 0 saturated heterocycles. The van der Waals surface area contributed by atoms with Gasteiger partial charge in [-0.3, -0.25) is 6.79 Å². The van der Waals surface area contributed by atoms with Crippen molar-refractivity contribution in [1.29, 1.82) is 0 Å². The normalized spacial score (nSPS) is 9.07. The molecule has 0 amide bonds. The second-order valence-electron chi connectivity index (χ2n) is 3.09. The first-order valence-electron chi connectivity index (χ1n) is 4.84. The minimum atomic E-state index is 0. The quantitative estimate of drug-likeness (QED) is 0.361. The van der Waals surface area contributed by atoms with Gasteiger partial charge in [0.1, 0.15) is 0 Å². The van der Waals surface area contributed by atoms with Crippen molar-refractivity contribution in [3.63, 3.8) is 0 Å². The van der Waals surface area contributed by atoms with Gasteiger partial charge < -0.3 is 20.3 Å². The fourth-order valence-corrected chi connectivity index (χ4v) is 1.11. The van der Waals surface area contributed by atoms with E-state index in [1.807, 2.05) is 14.1 Å². The average Bonchev–Trinajstić information content (AvgIpc) is 2.22. The van der Waals surface area contributed by atoms with Crippen LogP contribution in [0.3, 0.4) is 0 Å². The van der Waals surface area contributed by atoms with Crippen LogP contribution in [0.2, 0.25) is 0 Å². The van der Waals surface area contributed by atoms with Crippen LogP contribution in [0.5, 0.6) is 0 Å². The van der Waals surface area contributed by atoms with Crippen LogP contribution in [0, 0.1) is 0 Å². The topological polar surface area (TPSA) is 48.5 Å². The maximum Gasteiger partial charge on any atom is 0 e. The molecule has 0 unspecified atom stereocenters. The van der Waals surface area contributed by atoms with E-state index in [1.165, 1.54) is 12.8 Å². The van der Waals surface area contributed by atoms with E-state index < -0.39 is 0 Å². The van der Waals surface area contributed by atoms with Crippen molar-refractivity contribution in [3.8, 4) is 0 Å². The van der Waals surface area contributed by atoms with Gasteiger partial charge in [-0.2, -0.15) is 14.1 Å². The monoisotopic (exact) mass is 384 g/mol. The Hall–Kier alpha value is 0.238. The standard InChI is InChI=1S/C9H21N3.CHO.W/c1-10-6-4-8-12(3)9-5-7-11-2;1-2;/h4-9H2,1-3H3;1H;/q-2;-1;. The molecule has 0 aromatic carbocycles. The van der Waals surface area contributed by atoms with E-state index in [0.717, 1.165) is 26.2 Å². The zero-order valence-electron chi connectivity index (χ0n) is 9.98. The molecule has 0 aromatic rings. The third-order valence-corrected chi connectivity index (χ3v) is 1.84. The van der Waals surface area contributed by atoms with E-state index in [2.05, 4.69) is 29.4 Å². The summed E-state index contributed by atoms with van der Waals surface area (Å²) in [5.41, 5.74) is 0. The minimum absolute atomic E-state index is 0. The van der Waals surface area contributed by atoms with E-state index in [-0.39, 0.29) is 21.1 Å². The van der Waals surface area contributed by atoms with Crippen LogP contribution in [0.1, 0.15) is 12.8 Å². The van der Waals surface area contributed by atoms with Gasteiger partial charge in [-0.1, -0.05) is 12.8 Å². The van der Waals surface area contributed by atoms with Crippen LogP contribution in [-0.4, -0.2) is 59.0 Å². The van der Waals surface area contributed by atoms with E-state index in [9.17, 15) is 0 Å². The van der Waals surface area contributed by atoms with Gasteiger partial charge in [0, 0.05) is 21.1 Å². The Balaban J connectivity index is -0.000000449. The summed E-state index contributed by atoms with van der Waals surface area (Å²) in [5.74, 6) is 0. The Morgan fingerprint density at radius 2 is 1.33 bits per heavy atom. The Kier molecular flexibility index (Phi) is 27.2. The predicted molar refractivity (Wildman–Crippen MR) is 61.8 cm³/mol. The molecule has 15 heavy (non-hydrogen) atoms. The van der Waals surface area contributed by atoms with Gasteiger partial charge in [0.15, 0.2) is 0 Å². The second kappa shape index (κ2) is 19.8. The van der Waals surface area contributed by atoms with Gasteiger partial charge in [0.2, 0.25) is 0 Å². The summed E-state index contributed by atoms with van der Waals surface area (Å²) in [6.45, 7) is 7.53. The maximum atomic E-state index is 7.75. The first-order valence-corrected chi connectivity index (χ1v) is 4.84. The summed E-state index contributed by atoms with van der Waals surface area (Å²) < 4.78 is 0. The first kappa shape index (κ1) is 20.6. The molecule has 92 valence electrons. The molecule has 4 nitrogen and oxygen atoms in total. The molecule has 0 aliphatic heterocycles. The fourth-order valence-electron chi connectivity index (χ4n) is 1.11. The van der Waals surface area contributed by atoms with Gasteiger partial charge in [-0.25, -0.2) is 0 Å². The molecule has 0 atom stereocenters. The smallest absolute Gasteiger partial charge is 0 e. The number of carbonyl (C=O) groups excluding carboxylic acids is 1. The zero-order valence-corrected chi connectivity index (χ0v) is 12.9.